The standard InChI is InChI=1S/C14H12O2S/c1-10-7-8-13(17-10)12(9-14(15)16)11-5-3-2-4-6-11/h2-9H,1H3,(H,15,16)/b12-9+. The summed E-state index contributed by atoms with van der Waals surface area (Å²) in [5, 5.41) is 8.94. The minimum absolute atomic E-state index is 0.760. The molecule has 0 aliphatic rings. The smallest absolute Gasteiger partial charge is 0.328 e. The van der Waals surface area contributed by atoms with Crippen LogP contribution in [-0.4, -0.2) is 11.1 Å². The Morgan fingerprint density at radius 2 is 1.88 bits per heavy atom. The maximum absolute atomic E-state index is 10.9. The van der Waals surface area contributed by atoms with E-state index in [0.717, 1.165) is 16.0 Å². The number of aliphatic carboxylic acids is 1. The lowest BCUT2D eigenvalue weighted by Crippen LogP contribution is -1.92. The first kappa shape index (κ1) is 11.6. The van der Waals surface area contributed by atoms with Crippen molar-refractivity contribution in [2.45, 2.75) is 6.92 Å². The Labute approximate surface area is 104 Å². The van der Waals surface area contributed by atoms with Crippen molar-refractivity contribution < 1.29 is 9.90 Å². The molecule has 2 rings (SSSR count). The van der Waals surface area contributed by atoms with Crippen LogP contribution in [0.15, 0.2) is 48.5 Å². The van der Waals surface area contributed by atoms with Gasteiger partial charge >= 0.3 is 5.97 Å². The van der Waals surface area contributed by atoms with E-state index in [1.165, 1.54) is 11.0 Å². The third-order valence-corrected chi connectivity index (χ3v) is 3.39. The Morgan fingerprint density at radius 3 is 2.41 bits per heavy atom. The average Bonchev–Trinajstić information content (AvgIpc) is 2.73. The van der Waals surface area contributed by atoms with Gasteiger partial charge in [-0.05, 0) is 24.6 Å². The van der Waals surface area contributed by atoms with E-state index < -0.39 is 5.97 Å². The van der Waals surface area contributed by atoms with E-state index in [1.807, 2.05) is 49.4 Å². The Hall–Kier alpha value is -1.87. The molecule has 0 aliphatic carbocycles. The molecule has 17 heavy (non-hydrogen) atoms. The summed E-state index contributed by atoms with van der Waals surface area (Å²) in [7, 11) is 0. The molecule has 0 radical (unpaired) electrons. The molecule has 1 aromatic carbocycles. The number of carbonyl (C=O) groups is 1. The first-order valence-corrected chi connectivity index (χ1v) is 6.05. The Balaban J connectivity index is 2.50. The molecular weight excluding hydrogens is 232 g/mol. The number of aryl methyl sites for hydroxylation is 1. The van der Waals surface area contributed by atoms with Gasteiger partial charge in [0.05, 0.1) is 0 Å². The maximum Gasteiger partial charge on any atom is 0.328 e. The Bertz CT molecular complexity index is 553. The van der Waals surface area contributed by atoms with Crippen LogP contribution in [0.25, 0.3) is 5.57 Å². The van der Waals surface area contributed by atoms with E-state index in [4.69, 9.17) is 5.11 Å². The van der Waals surface area contributed by atoms with Crippen LogP contribution in [0.5, 0.6) is 0 Å². The summed E-state index contributed by atoms with van der Waals surface area (Å²) in [4.78, 5) is 13.0. The van der Waals surface area contributed by atoms with E-state index in [-0.39, 0.29) is 0 Å². The molecule has 1 heterocycles. The zero-order valence-electron chi connectivity index (χ0n) is 9.38. The number of thiophene rings is 1. The molecule has 0 amide bonds. The minimum atomic E-state index is -0.921. The molecule has 0 spiro atoms. The van der Waals surface area contributed by atoms with Crippen molar-refractivity contribution in [1.29, 1.82) is 0 Å². The molecule has 1 aromatic heterocycles. The molecule has 0 bridgehead atoms. The van der Waals surface area contributed by atoms with Crippen molar-refractivity contribution in [3.8, 4) is 0 Å². The highest BCUT2D eigenvalue weighted by Crippen LogP contribution is 2.29. The second-order valence-corrected chi connectivity index (χ2v) is 4.96. The fraction of sp³-hybridized carbons (Fsp3) is 0.0714. The lowest BCUT2D eigenvalue weighted by atomic mass is 10.0. The topological polar surface area (TPSA) is 37.3 Å². The van der Waals surface area contributed by atoms with Crippen LogP contribution in [0, 0.1) is 6.92 Å². The molecule has 0 unspecified atom stereocenters. The van der Waals surface area contributed by atoms with Crippen LogP contribution in [0.4, 0.5) is 0 Å². The van der Waals surface area contributed by atoms with Crippen molar-refractivity contribution in [3.63, 3.8) is 0 Å². The number of hydrogen-bond donors (Lipinski definition) is 1. The summed E-state index contributed by atoms with van der Waals surface area (Å²) in [6.07, 6.45) is 1.26. The number of carboxylic acid groups (broad SMARTS) is 1. The SMILES string of the molecule is Cc1ccc(/C(=C/C(=O)O)c2ccccc2)s1. The first-order valence-electron chi connectivity index (χ1n) is 5.23. The molecule has 2 nitrogen and oxygen atoms in total. The van der Waals surface area contributed by atoms with Gasteiger partial charge in [-0.25, -0.2) is 4.79 Å². The number of benzene rings is 1. The number of carboxylic acids is 1. The monoisotopic (exact) mass is 244 g/mol. The van der Waals surface area contributed by atoms with Gasteiger partial charge in [0.1, 0.15) is 0 Å². The van der Waals surface area contributed by atoms with Gasteiger partial charge in [-0.1, -0.05) is 30.3 Å². The maximum atomic E-state index is 10.9. The minimum Gasteiger partial charge on any atom is -0.478 e. The fourth-order valence-corrected chi connectivity index (χ4v) is 2.52. The van der Waals surface area contributed by atoms with Gasteiger partial charge in [-0.15, -0.1) is 11.3 Å². The molecule has 0 saturated carbocycles. The summed E-state index contributed by atoms with van der Waals surface area (Å²) in [5.74, 6) is -0.921. The molecule has 2 aromatic rings. The van der Waals surface area contributed by atoms with Gasteiger partial charge in [-0.3, -0.25) is 0 Å². The molecule has 3 heteroatoms. The van der Waals surface area contributed by atoms with Crippen LogP contribution in [0.2, 0.25) is 0 Å². The molecular formula is C14H12O2S. The van der Waals surface area contributed by atoms with Crippen LogP contribution < -0.4 is 0 Å². The normalized spacial score (nSPS) is 11.5. The van der Waals surface area contributed by atoms with Gasteiger partial charge < -0.3 is 5.11 Å². The van der Waals surface area contributed by atoms with Crippen molar-refractivity contribution in [3.05, 3.63) is 63.9 Å². The lowest BCUT2D eigenvalue weighted by Gasteiger charge is -2.04. The van der Waals surface area contributed by atoms with Gasteiger partial charge in [0.2, 0.25) is 0 Å². The summed E-state index contributed by atoms with van der Waals surface area (Å²) in [6, 6.07) is 13.5. The molecule has 0 aliphatic heterocycles. The zero-order chi connectivity index (χ0) is 12.3. The van der Waals surface area contributed by atoms with Crippen molar-refractivity contribution in [2.24, 2.45) is 0 Å². The molecule has 86 valence electrons. The second-order valence-electron chi connectivity index (χ2n) is 3.67. The van der Waals surface area contributed by atoms with Crippen molar-refractivity contribution in [2.75, 3.05) is 0 Å². The van der Waals surface area contributed by atoms with E-state index in [9.17, 15) is 4.79 Å². The van der Waals surface area contributed by atoms with Crippen LogP contribution in [0.1, 0.15) is 15.3 Å². The summed E-state index contributed by atoms with van der Waals surface area (Å²) in [5.41, 5.74) is 1.69. The average molecular weight is 244 g/mol. The van der Waals surface area contributed by atoms with E-state index >= 15 is 0 Å². The molecule has 0 saturated heterocycles. The predicted molar refractivity (Wildman–Crippen MR) is 70.2 cm³/mol. The Kier molecular flexibility index (Phi) is 3.40. The van der Waals surface area contributed by atoms with E-state index in [1.54, 1.807) is 11.3 Å². The highest BCUT2D eigenvalue weighted by Gasteiger charge is 2.08. The second kappa shape index (κ2) is 4.97. The predicted octanol–water partition coefficient (Wildman–Crippen LogP) is 3.57. The van der Waals surface area contributed by atoms with Crippen molar-refractivity contribution >= 4 is 22.9 Å². The van der Waals surface area contributed by atoms with Gasteiger partial charge in [0.15, 0.2) is 0 Å². The Morgan fingerprint density at radius 1 is 1.18 bits per heavy atom. The van der Waals surface area contributed by atoms with Gasteiger partial charge in [0.25, 0.3) is 0 Å². The zero-order valence-corrected chi connectivity index (χ0v) is 10.2. The fourth-order valence-electron chi connectivity index (χ4n) is 1.62. The quantitative estimate of drug-likeness (QED) is 0.838. The van der Waals surface area contributed by atoms with E-state index in [2.05, 4.69) is 0 Å². The molecule has 1 N–H and O–H groups in total. The third kappa shape index (κ3) is 2.82. The van der Waals surface area contributed by atoms with Gasteiger partial charge in [-0.2, -0.15) is 0 Å². The lowest BCUT2D eigenvalue weighted by molar-refractivity contribution is -0.131. The highest BCUT2D eigenvalue weighted by molar-refractivity contribution is 7.13. The first-order chi connectivity index (χ1) is 8.16. The van der Waals surface area contributed by atoms with Crippen LogP contribution >= 0.6 is 11.3 Å². The third-order valence-electron chi connectivity index (χ3n) is 2.36. The van der Waals surface area contributed by atoms with Crippen LogP contribution in [-0.2, 0) is 4.79 Å². The summed E-state index contributed by atoms with van der Waals surface area (Å²) < 4.78 is 0. The van der Waals surface area contributed by atoms with Gasteiger partial charge in [0, 0.05) is 21.4 Å². The highest BCUT2D eigenvalue weighted by atomic mass is 32.1. The summed E-state index contributed by atoms with van der Waals surface area (Å²) in [6.45, 7) is 2.01. The molecule has 0 fully saturated rings. The molecule has 0 atom stereocenters. The van der Waals surface area contributed by atoms with Crippen molar-refractivity contribution in [1.82, 2.24) is 0 Å². The number of rotatable bonds is 3. The van der Waals surface area contributed by atoms with Crippen LogP contribution in [0.3, 0.4) is 0 Å². The summed E-state index contributed by atoms with van der Waals surface area (Å²) >= 11 is 1.60. The number of hydrogen-bond acceptors (Lipinski definition) is 2. The van der Waals surface area contributed by atoms with E-state index in [0.29, 0.717) is 0 Å². The largest absolute Gasteiger partial charge is 0.478 e.